The number of nitrogens with zero attached hydrogens (tertiary/aromatic N) is 1. The third-order valence-corrected chi connectivity index (χ3v) is 3.08. The van der Waals surface area contributed by atoms with Crippen molar-refractivity contribution >= 4 is 5.84 Å². The molecule has 18 heavy (non-hydrogen) atoms. The van der Waals surface area contributed by atoms with Gasteiger partial charge >= 0.3 is 0 Å². The highest BCUT2D eigenvalue weighted by Gasteiger charge is 2.22. The van der Waals surface area contributed by atoms with Gasteiger partial charge < -0.3 is 21.0 Å². The molecule has 1 aromatic carbocycles. The fourth-order valence-electron chi connectivity index (χ4n) is 2.09. The smallest absolute Gasteiger partial charge is 0.139 e. The van der Waals surface area contributed by atoms with Gasteiger partial charge in [-0.1, -0.05) is 23.4 Å². The first kappa shape index (κ1) is 12.7. The van der Waals surface area contributed by atoms with Gasteiger partial charge in [-0.25, -0.2) is 0 Å². The van der Waals surface area contributed by atoms with Crippen LogP contribution in [0.5, 0.6) is 5.75 Å². The van der Waals surface area contributed by atoms with E-state index in [2.05, 4.69) is 16.5 Å². The number of nitrogens with one attached hydrogen (secondary N) is 1. The summed E-state index contributed by atoms with van der Waals surface area (Å²) < 4.78 is 5.59. The van der Waals surface area contributed by atoms with E-state index in [1.807, 2.05) is 18.2 Å². The van der Waals surface area contributed by atoms with E-state index in [9.17, 15) is 0 Å². The molecule has 0 aliphatic carbocycles. The van der Waals surface area contributed by atoms with Gasteiger partial charge in [-0.3, -0.25) is 0 Å². The van der Waals surface area contributed by atoms with E-state index in [4.69, 9.17) is 15.7 Å². The van der Waals surface area contributed by atoms with Crippen molar-refractivity contribution in [2.75, 3.05) is 13.2 Å². The standard InChI is InChI=1S/C13H19N3O2/c14-13(16-17)7-3-4-8-15-11-9-18-12-6-2-1-5-10(11)12/h1-2,5-6,11,15,17H,3-4,7-9H2,(H2,14,16). The number of unbranched alkanes of at least 4 members (excludes halogenated alkanes) is 1. The fourth-order valence-corrected chi connectivity index (χ4v) is 2.09. The van der Waals surface area contributed by atoms with Crippen LogP contribution in [0.1, 0.15) is 30.9 Å². The lowest BCUT2D eigenvalue weighted by atomic mass is 10.1. The van der Waals surface area contributed by atoms with Gasteiger partial charge in [-0.05, 0) is 25.5 Å². The van der Waals surface area contributed by atoms with Crippen LogP contribution in [0.15, 0.2) is 29.4 Å². The van der Waals surface area contributed by atoms with Crippen LogP contribution in [0.4, 0.5) is 0 Å². The van der Waals surface area contributed by atoms with E-state index >= 15 is 0 Å². The Hall–Kier alpha value is -1.75. The van der Waals surface area contributed by atoms with Crippen LogP contribution >= 0.6 is 0 Å². The number of rotatable bonds is 6. The minimum Gasteiger partial charge on any atom is -0.491 e. The topological polar surface area (TPSA) is 79.9 Å². The number of amidine groups is 1. The molecule has 0 fully saturated rings. The van der Waals surface area contributed by atoms with Crippen LogP contribution in [0.2, 0.25) is 0 Å². The average Bonchev–Trinajstić information content (AvgIpc) is 2.81. The van der Waals surface area contributed by atoms with Crippen LogP contribution in [0, 0.1) is 0 Å². The number of oxime groups is 1. The minimum absolute atomic E-state index is 0.282. The van der Waals surface area contributed by atoms with Gasteiger partial charge in [-0.15, -0.1) is 0 Å². The molecular weight excluding hydrogens is 230 g/mol. The average molecular weight is 249 g/mol. The first-order valence-corrected chi connectivity index (χ1v) is 6.23. The summed E-state index contributed by atoms with van der Waals surface area (Å²) in [5.41, 5.74) is 6.63. The number of nitrogens with two attached hydrogens (primary N) is 1. The zero-order chi connectivity index (χ0) is 12.8. The van der Waals surface area contributed by atoms with Crippen molar-refractivity contribution in [3.63, 3.8) is 0 Å². The molecule has 0 bridgehead atoms. The lowest BCUT2D eigenvalue weighted by Crippen LogP contribution is -2.23. The monoisotopic (exact) mass is 249 g/mol. The number of para-hydroxylation sites is 1. The Morgan fingerprint density at radius 1 is 1.44 bits per heavy atom. The summed E-state index contributed by atoms with van der Waals surface area (Å²) in [4.78, 5) is 0. The second-order valence-corrected chi connectivity index (χ2v) is 4.40. The van der Waals surface area contributed by atoms with Crippen molar-refractivity contribution in [2.24, 2.45) is 10.9 Å². The molecule has 5 heteroatoms. The number of fused-ring (bicyclic) bond motifs is 1. The van der Waals surface area contributed by atoms with Gasteiger partial charge in [0, 0.05) is 12.0 Å². The van der Waals surface area contributed by atoms with Crippen LogP contribution < -0.4 is 15.8 Å². The summed E-state index contributed by atoms with van der Waals surface area (Å²) >= 11 is 0. The summed E-state index contributed by atoms with van der Waals surface area (Å²) in [6.45, 7) is 1.60. The van der Waals surface area contributed by atoms with Crippen molar-refractivity contribution < 1.29 is 9.94 Å². The van der Waals surface area contributed by atoms with Crippen molar-refractivity contribution in [2.45, 2.75) is 25.3 Å². The van der Waals surface area contributed by atoms with Gasteiger partial charge in [0.25, 0.3) is 0 Å². The molecule has 1 aliphatic rings. The van der Waals surface area contributed by atoms with Gasteiger partial charge in [0.2, 0.25) is 0 Å². The van der Waals surface area contributed by atoms with Crippen molar-refractivity contribution in [3.05, 3.63) is 29.8 Å². The highest BCUT2D eigenvalue weighted by atomic mass is 16.5. The highest BCUT2D eigenvalue weighted by Crippen LogP contribution is 2.31. The predicted molar refractivity (Wildman–Crippen MR) is 69.9 cm³/mol. The zero-order valence-corrected chi connectivity index (χ0v) is 10.3. The summed E-state index contributed by atoms with van der Waals surface area (Å²) in [6, 6.07) is 8.38. The van der Waals surface area contributed by atoms with Crippen LogP contribution in [-0.4, -0.2) is 24.2 Å². The first-order chi connectivity index (χ1) is 8.81. The van der Waals surface area contributed by atoms with E-state index in [1.165, 1.54) is 5.56 Å². The summed E-state index contributed by atoms with van der Waals surface area (Å²) in [7, 11) is 0. The maximum Gasteiger partial charge on any atom is 0.139 e. The zero-order valence-electron chi connectivity index (χ0n) is 10.3. The summed E-state index contributed by atoms with van der Waals surface area (Å²) in [5, 5.41) is 14.8. The third kappa shape index (κ3) is 3.13. The van der Waals surface area contributed by atoms with E-state index < -0.39 is 0 Å². The lowest BCUT2D eigenvalue weighted by Gasteiger charge is -2.11. The Labute approximate surface area is 107 Å². The number of ether oxygens (including phenoxy) is 1. The quantitative estimate of drug-likeness (QED) is 0.235. The molecule has 0 amide bonds. The lowest BCUT2D eigenvalue weighted by molar-refractivity contribution is 0.310. The van der Waals surface area contributed by atoms with Gasteiger partial charge in [0.05, 0.1) is 6.04 Å². The van der Waals surface area contributed by atoms with E-state index in [0.717, 1.165) is 25.1 Å². The summed E-state index contributed by atoms with van der Waals surface area (Å²) in [6.07, 6.45) is 2.54. The van der Waals surface area contributed by atoms with E-state index in [-0.39, 0.29) is 6.04 Å². The molecule has 1 atom stereocenters. The van der Waals surface area contributed by atoms with Gasteiger partial charge in [0.15, 0.2) is 0 Å². The molecule has 98 valence electrons. The largest absolute Gasteiger partial charge is 0.491 e. The molecule has 0 spiro atoms. The Kier molecular flexibility index (Phi) is 4.41. The molecule has 4 N–H and O–H groups in total. The molecule has 0 saturated heterocycles. The molecule has 1 aromatic rings. The second kappa shape index (κ2) is 6.26. The Balaban J connectivity index is 1.70. The number of hydrogen-bond donors (Lipinski definition) is 3. The predicted octanol–water partition coefficient (Wildman–Crippen LogP) is 1.63. The molecule has 1 unspecified atom stereocenters. The fraction of sp³-hybridized carbons (Fsp3) is 0.462. The Morgan fingerprint density at radius 3 is 3.11 bits per heavy atom. The van der Waals surface area contributed by atoms with Crippen molar-refractivity contribution in [3.8, 4) is 5.75 Å². The maximum atomic E-state index is 8.40. The van der Waals surface area contributed by atoms with Crippen molar-refractivity contribution in [1.82, 2.24) is 5.32 Å². The Morgan fingerprint density at radius 2 is 2.28 bits per heavy atom. The Bertz CT molecular complexity index is 420. The molecule has 0 aromatic heterocycles. The number of hydrogen-bond acceptors (Lipinski definition) is 4. The van der Waals surface area contributed by atoms with E-state index in [0.29, 0.717) is 18.9 Å². The normalized spacial score (nSPS) is 18.4. The maximum absolute atomic E-state index is 8.40. The molecule has 0 saturated carbocycles. The molecule has 2 rings (SSSR count). The van der Waals surface area contributed by atoms with Crippen LogP contribution in [0.25, 0.3) is 0 Å². The first-order valence-electron chi connectivity index (χ1n) is 6.23. The molecular formula is C13H19N3O2. The minimum atomic E-state index is 0.282. The third-order valence-electron chi connectivity index (χ3n) is 3.08. The molecule has 5 nitrogen and oxygen atoms in total. The molecule has 1 aliphatic heterocycles. The van der Waals surface area contributed by atoms with Crippen LogP contribution in [-0.2, 0) is 0 Å². The van der Waals surface area contributed by atoms with Gasteiger partial charge in [-0.2, -0.15) is 0 Å². The van der Waals surface area contributed by atoms with E-state index in [1.54, 1.807) is 0 Å². The molecule has 1 heterocycles. The number of benzene rings is 1. The highest BCUT2D eigenvalue weighted by molar-refractivity contribution is 5.79. The summed E-state index contributed by atoms with van der Waals surface area (Å²) in [5.74, 6) is 1.27. The van der Waals surface area contributed by atoms with Gasteiger partial charge in [0.1, 0.15) is 18.2 Å². The van der Waals surface area contributed by atoms with Crippen LogP contribution in [0.3, 0.4) is 0 Å². The van der Waals surface area contributed by atoms with Crippen molar-refractivity contribution in [1.29, 1.82) is 0 Å². The SMILES string of the molecule is NC(CCCCNC1COc2ccccc21)=NO. The molecule has 0 radical (unpaired) electrons. The second-order valence-electron chi connectivity index (χ2n) is 4.40.